The van der Waals surface area contributed by atoms with Crippen molar-refractivity contribution in [1.82, 2.24) is 4.98 Å². The number of rotatable bonds is 6. The lowest BCUT2D eigenvalue weighted by atomic mass is 9.82. The maximum Gasteiger partial charge on any atom is 0.340 e. The Morgan fingerprint density at radius 1 is 1.28 bits per heavy atom. The first-order valence-corrected chi connectivity index (χ1v) is 10.9. The van der Waals surface area contributed by atoms with E-state index < -0.39 is 17.7 Å². The highest BCUT2D eigenvalue weighted by Gasteiger charge is 2.37. The summed E-state index contributed by atoms with van der Waals surface area (Å²) >= 11 is 3.59. The third kappa shape index (κ3) is 6.25. The van der Waals surface area contributed by atoms with Gasteiger partial charge in [-0.15, -0.1) is 0 Å². The van der Waals surface area contributed by atoms with Gasteiger partial charge in [-0.2, -0.15) is 0 Å². The molecular weight excluding hydrogens is 436 g/mol. The molecule has 0 amide bonds. The van der Waals surface area contributed by atoms with Crippen molar-refractivity contribution in [1.29, 1.82) is 0 Å². The van der Waals surface area contributed by atoms with Gasteiger partial charge in [-0.05, 0) is 68.8 Å². The van der Waals surface area contributed by atoms with Crippen LogP contribution in [0.2, 0.25) is 0 Å². The van der Waals surface area contributed by atoms with Crippen molar-refractivity contribution < 1.29 is 19.1 Å². The van der Waals surface area contributed by atoms with E-state index in [0.29, 0.717) is 11.8 Å². The zero-order valence-electron chi connectivity index (χ0n) is 18.5. The maximum atomic E-state index is 13.0. The molecule has 6 nitrogen and oxygen atoms in total. The number of pyridine rings is 1. The molecule has 2 rings (SSSR count). The predicted octanol–water partition coefficient (Wildman–Crippen LogP) is 5.09. The summed E-state index contributed by atoms with van der Waals surface area (Å²) in [5.74, 6) is -0.517. The Morgan fingerprint density at radius 3 is 2.34 bits per heavy atom. The number of aldehydes is 1. The monoisotopic (exact) mass is 468 g/mol. The molecule has 1 saturated heterocycles. The van der Waals surface area contributed by atoms with Crippen LogP contribution in [0.15, 0.2) is 10.7 Å². The van der Waals surface area contributed by atoms with Crippen LogP contribution in [0.1, 0.15) is 83.5 Å². The number of halogens is 1. The van der Waals surface area contributed by atoms with Gasteiger partial charge in [0.05, 0.1) is 21.9 Å². The number of ether oxygens (including phenoxy) is 2. The Morgan fingerprint density at radius 2 is 1.86 bits per heavy atom. The molecule has 0 aliphatic carbocycles. The van der Waals surface area contributed by atoms with Gasteiger partial charge < -0.3 is 14.4 Å². The van der Waals surface area contributed by atoms with Crippen molar-refractivity contribution in [2.24, 2.45) is 5.41 Å². The zero-order chi connectivity index (χ0) is 22.0. The summed E-state index contributed by atoms with van der Waals surface area (Å²) in [5, 5.41) is 0. The minimum absolute atomic E-state index is 0.197. The Hall–Kier alpha value is -1.47. The molecule has 0 radical (unpaired) electrons. The van der Waals surface area contributed by atoms with Gasteiger partial charge in [-0.3, -0.25) is 9.78 Å². The summed E-state index contributed by atoms with van der Waals surface area (Å²) in [4.78, 5) is 31.4. The third-order valence-electron chi connectivity index (χ3n) is 4.92. The highest BCUT2D eigenvalue weighted by atomic mass is 79.9. The van der Waals surface area contributed by atoms with E-state index in [1.54, 1.807) is 20.0 Å². The number of carbonyl (C=O) groups is 2. The van der Waals surface area contributed by atoms with E-state index in [1.165, 1.54) is 0 Å². The van der Waals surface area contributed by atoms with E-state index in [1.807, 2.05) is 20.8 Å². The molecular formula is C22H33BrN2O4. The molecule has 1 aromatic rings. The van der Waals surface area contributed by atoms with Gasteiger partial charge in [0, 0.05) is 24.8 Å². The fourth-order valence-electron chi connectivity index (χ4n) is 3.39. The van der Waals surface area contributed by atoms with Crippen molar-refractivity contribution >= 4 is 33.9 Å². The van der Waals surface area contributed by atoms with Gasteiger partial charge in [0.2, 0.25) is 0 Å². The second kappa shape index (κ2) is 9.13. The largest absolute Gasteiger partial charge is 0.461 e. The lowest BCUT2D eigenvalue weighted by molar-refractivity contribution is -0.171. The molecule has 29 heavy (non-hydrogen) atoms. The minimum Gasteiger partial charge on any atom is -0.461 e. The van der Waals surface area contributed by atoms with E-state index in [-0.39, 0.29) is 17.2 Å². The average Bonchev–Trinajstić information content (AvgIpc) is 2.58. The highest BCUT2D eigenvalue weighted by Crippen LogP contribution is 2.42. The van der Waals surface area contributed by atoms with Gasteiger partial charge in [0.15, 0.2) is 12.4 Å². The number of esters is 1. The topological polar surface area (TPSA) is 68.7 Å². The number of carbonyl (C=O) groups excluding carboxylic acids is 2. The third-order valence-corrected chi connectivity index (χ3v) is 5.50. The molecule has 162 valence electrons. The van der Waals surface area contributed by atoms with Crippen LogP contribution in [0.5, 0.6) is 0 Å². The predicted molar refractivity (Wildman–Crippen MR) is 117 cm³/mol. The molecule has 0 saturated carbocycles. The van der Waals surface area contributed by atoms with E-state index in [2.05, 4.69) is 39.7 Å². The Labute approximate surface area is 182 Å². The van der Waals surface area contributed by atoms with Crippen LogP contribution in [-0.2, 0) is 14.3 Å². The zero-order valence-corrected chi connectivity index (χ0v) is 20.1. The van der Waals surface area contributed by atoms with Crippen LogP contribution in [0, 0.1) is 5.41 Å². The second-order valence-electron chi connectivity index (χ2n) is 9.62. The van der Waals surface area contributed by atoms with Crippen LogP contribution in [0.25, 0.3) is 0 Å². The fourth-order valence-corrected chi connectivity index (χ4v) is 3.96. The Kier molecular flexibility index (Phi) is 7.49. The summed E-state index contributed by atoms with van der Waals surface area (Å²) < 4.78 is 12.4. The van der Waals surface area contributed by atoms with E-state index >= 15 is 0 Å². The molecule has 1 aromatic heterocycles. The van der Waals surface area contributed by atoms with Crippen LogP contribution < -0.4 is 4.90 Å². The highest BCUT2D eigenvalue weighted by molar-refractivity contribution is 9.10. The molecule has 0 bridgehead atoms. The van der Waals surface area contributed by atoms with Gasteiger partial charge in [-0.1, -0.05) is 13.8 Å². The number of hydrogen-bond donors (Lipinski definition) is 0. The quantitative estimate of drug-likeness (QED) is 0.427. The van der Waals surface area contributed by atoms with Crippen LogP contribution in [0.3, 0.4) is 0 Å². The van der Waals surface area contributed by atoms with Gasteiger partial charge in [-0.25, -0.2) is 4.79 Å². The van der Waals surface area contributed by atoms with E-state index in [4.69, 9.17) is 9.47 Å². The summed E-state index contributed by atoms with van der Waals surface area (Å²) in [6.07, 6.45) is 2.98. The lowest BCUT2D eigenvalue weighted by Crippen LogP contribution is -2.39. The molecule has 1 aliphatic heterocycles. The number of anilines is 1. The van der Waals surface area contributed by atoms with Gasteiger partial charge >= 0.3 is 5.97 Å². The number of aromatic nitrogens is 1. The van der Waals surface area contributed by atoms with Crippen molar-refractivity contribution in [3.05, 3.63) is 21.9 Å². The summed E-state index contributed by atoms with van der Waals surface area (Å²) in [6.45, 7) is 15.4. The molecule has 7 heteroatoms. The number of piperidine rings is 1. The standard InChI is InChI=1S/C22H33BrN2O4/c1-14(2)28-20(27)19(29-21(3,4)5)17-16(13-26)24-12-15(23)18(17)25-10-8-22(6,7)9-11-25/h12-14,19H,8-11H2,1-7H3. The Bertz CT molecular complexity index is 746. The van der Waals surface area contributed by atoms with E-state index in [0.717, 1.165) is 36.1 Å². The van der Waals surface area contributed by atoms with Crippen molar-refractivity contribution in [2.45, 2.75) is 79.1 Å². The minimum atomic E-state index is -1.05. The summed E-state index contributed by atoms with van der Waals surface area (Å²) in [6, 6.07) is 0. The molecule has 2 heterocycles. The lowest BCUT2D eigenvalue weighted by Gasteiger charge is -2.40. The number of nitrogens with zero attached hydrogens (tertiary/aromatic N) is 2. The van der Waals surface area contributed by atoms with Crippen molar-refractivity contribution in [3.63, 3.8) is 0 Å². The van der Waals surface area contributed by atoms with Crippen LogP contribution >= 0.6 is 15.9 Å². The smallest absolute Gasteiger partial charge is 0.340 e. The summed E-state index contributed by atoms with van der Waals surface area (Å²) in [5.41, 5.74) is 1.09. The molecule has 1 fully saturated rings. The van der Waals surface area contributed by atoms with Crippen LogP contribution in [0.4, 0.5) is 5.69 Å². The average molecular weight is 469 g/mol. The molecule has 1 unspecified atom stereocenters. The van der Waals surface area contributed by atoms with Gasteiger partial charge in [0.1, 0.15) is 5.69 Å². The second-order valence-corrected chi connectivity index (χ2v) is 10.5. The first-order chi connectivity index (χ1) is 13.3. The fraction of sp³-hybridized carbons (Fsp3) is 0.682. The molecule has 1 atom stereocenters. The first kappa shape index (κ1) is 23.8. The summed E-state index contributed by atoms with van der Waals surface area (Å²) in [7, 11) is 0. The first-order valence-electron chi connectivity index (χ1n) is 10.1. The van der Waals surface area contributed by atoms with Crippen LogP contribution in [-0.4, -0.2) is 42.0 Å². The van der Waals surface area contributed by atoms with Crippen molar-refractivity contribution in [3.8, 4) is 0 Å². The van der Waals surface area contributed by atoms with E-state index in [9.17, 15) is 9.59 Å². The Balaban J connectivity index is 2.60. The number of hydrogen-bond acceptors (Lipinski definition) is 6. The molecule has 0 N–H and O–H groups in total. The maximum absolute atomic E-state index is 13.0. The normalized spacial score (nSPS) is 17.9. The molecule has 0 aromatic carbocycles. The molecule has 1 aliphatic rings. The SMILES string of the molecule is CC(C)OC(=O)C(OC(C)(C)C)c1c(C=O)ncc(Br)c1N1CCC(C)(C)CC1. The molecule has 0 spiro atoms. The van der Waals surface area contributed by atoms with Crippen molar-refractivity contribution in [2.75, 3.05) is 18.0 Å². The van der Waals surface area contributed by atoms with Gasteiger partial charge in [0.25, 0.3) is 0 Å².